The molecule has 5 nitrogen and oxygen atoms in total. The maximum absolute atomic E-state index is 12.3. The van der Waals surface area contributed by atoms with Gasteiger partial charge in [-0.1, -0.05) is 24.3 Å². The van der Waals surface area contributed by atoms with Gasteiger partial charge in [-0.25, -0.2) is 4.98 Å². The van der Waals surface area contributed by atoms with Gasteiger partial charge in [0.1, 0.15) is 11.6 Å². The van der Waals surface area contributed by atoms with E-state index in [1.807, 2.05) is 12.1 Å². The van der Waals surface area contributed by atoms with Gasteiger partial charge in [-0.2, -0.15) is 0 Å². The van der Waals surface area contributed by atoms with Crippen LogP contribution in [0.5, 0.6) is 5.75 Å². The van der Waals surface area contributed by atoms with E-state index in [1.165, 1.54) is 11.1 Å². The summed E-state index contributed by atoms with van der Waals surface area (Å²) in [5, 5.41) is 0.554. The van der Waals surface area contributed by atoms with E-state index in [1.54, 1.807) is 13.2 Å². The summed E-state index contributed by atoms with van der Waals surface area (Å²) in [5.41, 5.74) is 3.27. The van der Waals surface area contributed by atoms with Crippen LogP contribution in [0.1, 0.15) is 17.0 Å². The van der Waals surface area contributed by atoms with Crippen molar-refractivity contribution in [3.8, 4) is 5.75 Å². The second kappa shape index (κ2) is 5.52. The van der Waals surface area contributed by atoms with Crippen LogP contribution in [-0.2, 0) is 19.6 Å². The highest BCUT2D eigenvalue weighted by Crippen LogP contribution is 2.23. The van der Waals surface area contributed by atoms with E-state index < -0.39 is 0 Å². The summed E-state index contributed by atoms with van der Waals surface area (Å²) in [4.78, 5) is 22.0. The number of nitrogens with one attached hydrogen (secondary N) is 1. The maximum atomic E-state index is 12.3. The van der Waals surface area contributed by atoms with Crippen LogP contribution in [0.4, 0.5) is 0 Å². The fraction of sp³-hybridized carbons (Fsp3) is 0.222. The average Bonchev–Trinajstić information content (AvgIpc) is 2.96. The summed E-state index contributed by atoms with van der Waals surface area (Å²) < 4.78 is 5.16. The van der Waals surface area contributed by atoms with Gasteiger partial charge in [0.15, 0.2) is 0 Å². The summed E-state index contributed by atoms with van der Waals surface area (Å²) in [6, 6.07) is 13.8. The summed E-state index contributed by atoms with van der Waals surface area (Å²) in [6.45, 7) is 2.41. The number of aromatic nitrogens is 2. The number of aromatic amines is 1. The van der Waals surface area contributed by atoms with Gasteiger partial charge in [0, 0.05) is 13.1 Å². The van der Waals surface area contributed by atoms with Crippen molar-refractivity contribution in [1.82, 2.24) is 14.9 Å². The lowest BCUT2D eigenvalue weighted by Gasteiger charge is -2.14. The summed E-state index contributed by atoms with van der Waals surface area (Å²) in [6.07, 6.45) is 0. The standard InChI is InChI=1S/C18H17N3O2/c1-23-14-6-7-16-15(8-14)18(22)20-17(19-16)11-21-9-12-4-2-3-5-13(12)10-21/h2-8H,9-11H2,1H3,(H,19,20,22). The summed E-state index contributed by atoms with van der Waals surface area (Å²) in [7, 11) is 1.59. The van der Waals surface area contributed by atoms with Crippen molar-refractivity contribution >= 4 is 10.9 Å². The minimum Gasteiger partial charge on any atom is -0.497 e. The van der Waals surface area contributed by atoms with E-state index in [4.69, 9.17) is 4.74 Å². The average molecular weight is 307 g/mol. The molecule has 1 N–H and O–H groups in total. The van der Waals surface area contributed by atoms with Crippen molar-refractivity contribution in [3.05, 3.63) is 69.8 Å². The van der Waals surface area contributed by atoms with Crippen molar-refractivity contribution in [3.63, 3.8) is 0 Å². The molecular weight excluding hydrogens is 290 g/mol. The van der Waals surface area contributed by atoms with Gasteiger partial charge in [0.2, 0.25) is 0 Å². The second-order valence-corrected chi connectivity index (χ2v) is 5.81. The van der Waals surface area contributed by atoms with Crippen molar-refractivity contribution in [2.24, 2.45) is 0 Å². The molecule has 5 heteroatoms. The fourth-order valence-electron chi connectivity index (χ4n) is 3.10. The predicted molar refractivity (Wildman–Crippen MR) is 88.3 cm³/mol. The Labute approximate surface area is 133 Å². The molecule has 2 heterocycles. The third-order valence-electron chi connectivity index (χ3n) is 4.24. The fourth-order valence-corrected chi connectivity index (χ4v) is 3.10. The Morgan fingerprint density at radius 3 is 2.61 bits per heavy atom. The molecule has 4 rings (SSSR count). The van der Waals surface area contributed by atoms with E-state index in [0.717, 1.165) is 13.1 Å². The van der Waals surface area contributed by atoms with Crippen LogP contribution in [0, 0.1) is 0 Å². The van der Waals surface area contributed by atoms with Gasteiger partial charge in [-0.05, 0) is 29.3 Å². The predicted octanol–water partition coefficient (Wildman–Crippen LogP) is 2.45. The minimum absolute atomic E-state index is 0.124. The first-order chi connectivity index (χ1) is 11.2. The van der Waals surface area contributed by atoms with Crippen LogP contribution in [0.3, 0.4) is 0 Å². The number of fused-ring (bicyclic) bond motifs is 2. The molecule has 0 spiro atoms. The molecule has 0 bridgehead atoms. The highest BCUT2D eigenvalue weighted by atomic mass is 16.5. The third kappa shape index (κ3) is 2.59. The molecule has 3 aromatic rings. The smallest absolute Gasteiger partial charge is 0.258 e. The number of benzene rings is 2. The molecule has 0 saturated heterocycles. The van der Waals surface area contributed by atoms with Crippen LogP contribution in [0.15, 0.2) is 47.3 Å². The number of rotatable bonds is 3. The largest absolute Gasteiger partial charge is 0.497 e. The lowest BCUT2D eigenvalue weighted by Crippen LogP contribution is -2.21. The van der Waals surface area contributed by atoms with Crippen molar-refractivity contribution in [2.45, 2.75) is 19.6 Å². The molecular formula is C18H17N3O2. The first-order valence-electron chi connectivity index (χ1n) is 7.59. The monoisotopic (exact) mass is 307 g/mol. The lowest BCUT2D eigenvalue weighted by molar-refractivity contribution is 0.268. The minimum atomic E-state index is -0.124. The molecule has 0 aliphatic carbocycles. The Hall–Kier alpha value is -2.66. The number of nitrogens with zero attached hydrogens (tertiary/aromatic N) is 2. The highest BCUT2D eigenvalue weighted by molar-refractivity contribution is 5.79. The van der Waals surface area contributed by atoms with E-state index in [0.29, 0.717) is 29.0 Å². The molecule has 0 saturated carbocycles. The van der Waals surface area contributed by atoms with Gasteiger partial charge >= 0.3 is 0 Å². The zero-order valence-electron chi connectivity index (χ0n) is 12.9. The molecule has 0 amide bonds. The summed E-state index contributed by atoms with van der Waals surface area (Å²) in [5.74, 6) is 1.35. The van der Waals surface area contributed by atoms with E-state index in [9.17, 15) is 4.79 Å². The zero-order chi connectivity index (χ0) is 15.8. The van der Waals surface area contributed by atoms with E-state index >= 15 is 0 Å². The first kappa shape index (κ1) is 14.0. The topological polar surface area (TPSA) is 58.2 Å². The van der Waals surface area contributed by atoms with Crippen LogP contribution >= 0.6 is 0 Å². The molecule has 1 aromatic heterocycles. The van der Waals surface area contributed by atoms with Crippen LogP contribution < -0.4 is 10.3 Å². The summed E-state index contributed by atoms with van der Waals surface area (Å²) >= 11 is 0. The third-order valence-corrected chi connectivity index (χ3v) is 4.24. The SMILES string of the molecule is COc1ccc2nc(CN3Cc4ccccc4C3)[nH]c(=O)c2c1. The Morgan fingerprint density at radius 2 is 1.91 bits per heavy atom. The number of ether oxygens (including phenoxy) is 1. The van der Waals surface area contributed by atoms with Crippen LogP contribution in [-0.4, -0.2) is 22.0 Å². The van der Waals surface area contributed by atoms with Crippen molar-refractivity contribution in [2.75, 3.05) is 7.11 Å². The number of hydrogen-bond donors (Lipinski definition) is 1. The Balaban J connectivity index is 1.62. The van der Waals surface area contributed by atoms with Crippen LogP contribution in [0.2, 0.25) is 0 Å². The number of hydrogen-bond acceptors (Lipinski definition) is 4. The normalized spacial score (nSPS) is 14.1. The molecule has 0 radical (unpaired) electrons. The lowest BCUT2D eigenvalue weighted by atomic mass is 10.1. The Morgan fingerprint density at radius 1 is 1.17 bits per heavy atom. The Bertz CT molecular complexity index is 908. The number of methoxy groups -OCH3 is 1. The number of H-pyrrole nitrogens is 1. The van der Waals surface area contributed by atoms with Gasteiger partial charge in [0.25, 0.3) is 5.56 Å². The van der Waals surface area contributed by atoms with Gasteiger partial charge in [-0.3, -0.25) is 9.69 Å². The molecule has 116 valence electrons. The maximum Gasteiger partial charge on any atom is 0.258 e. The van der Waals surface area contributed by atoms with Gasteiger partial charge in [-0.15, -0.1) is 0 Å². The zero-order valence-corrected chi connectivity index (χ0v) is 12.9. The van der Waals surface area contributed by atoms with Crippen molar-refractivity contribution in [1.29, 1.82) is 0 Å². The van der Waals surface area contributed by atoms with Gasteiger partial charge in [0.05, 0.1) is 24.6 Å². The molecule has 1 aliphatic rings. The van der Waals surface area contributed by atoms with Crippen molar-refractivity contribution < 1.29 is 4.74 Å². The second-order valence-electron chi connectivity index (χ2n) is 5.81. The van der Waals surface area contributed by atoms with E-state index in [2.05, 4.69) is 39.1 Å². The van der Waals surface area contributed by atoms with Crippen LogP contribution in [0.25, 0.3) is 10.9 Å². The molecule has 0 unspecified atom stereocenters. The molecule has 0 fully saturated rings. The molecule has 23 heavy (non-hydrogen) atoms. The molecule has 0 atom stereocenters. The van der Waals surface area contributed by atoms with E-state index in [-0.39, 0.29) is 5.56 Å². The molecule has 1 aliphatic heterocycles. The Kier molecular flexibility index (Phi) is 3.35. The highest BCUT2D eigenvalue weighted by Gasteiger charge is 2.19. The van der Waals surface area contributed by atoms with Gasteiger partial charge < -0.3 is 9.72 Å². The first-order valence-corrected chi connectivity index (χ1v) is 7.59. The molecule has 2 aromatic carbocycles. The quantitative estimate of drug-likeness (QED) is 0.807.